The first-order chi connectivity index (χ1) is 8.83. The molecule has 0 unspecified atom stereocenters. The first-order valence-corrected chi connectivity index (χ1v) is 7.43. The predicted molar refractivity (Wildman–Crippen MR) is 68.9 cm³/mol. The van der Waals surface area contributed by atoms with E-state index in [-0.39, 0.29) is 0 Å². The highest BCUT2D eigenvalue weighted by Crippen LogP contribution is 2.59. The third kappa shape index (κ3) is 1.62. The van der Waals surface area contributed by atoms with Crippen molar-refractivity contribution in [3.8, 4) is 0 Å². The van der Waals surface area contributed by atoms with Gasteiger partial charge in [-0.15, -0.1) is 0 Å². The lowest BCUT2D eigenvalue weighted by Crippen LogP contribution is -2.44. The van der Waals surface area contributed by atoms with Gasteiger partial charge in [0, 0.05) is 12.5 Å². The monoisotopic (exact) mass is 246 g/mol. The molecule has 98 valence electrons. The van der Waals surface area contributed by atoms with Crippen molar-refractivity contribution in [2.24, 2.45) is 29.4 Å². The molecular formula is C14H22N4. The van der Waals surface area contributed by atoms with Gasteiger partial charge in [-0.25, -0.2) is 4.98 Å². The Bertz CT molecular complexity index is 411. The van der Waals surface area contributed by atoms with Crippen LogP contribution >= 0.6 is 0 Å². The molecule has 1 heterocycles. The molecule has 4 bridgehead atoms. The summed E-state index contributed by atoms with van der Waals surface area (Å²) in [7, 11) is 0. The summed E-state index contributed by atoms with van der Waals surface area (Å²) < 4.78 is 1.92. The highest BCUT2D eigenvalue weighted by Gasteiger charge is 2.49. The van der Waals surface area contributed by atoms with Gasteiger partial charge >= 0.3 is 0 Å². The topological polar surface area (TPSA) is 56.7 Å². The average Bonchev–Trinajstić information content (AvgIpc) is 2.76. The minimum atomic E-state index is 0.643. The molecule has 0 amide bonds. The fourth-order valence-electron chi connectivity index (χ4n) is 5.05. The summed E-state index contributed by atoms with van der Waals surface area (Å²) >= 11 is 0. The lowest BCUT2D eigenvalue weighted by atomic mass is 9.52. The average molecular weight is 246 g/mol. The van der Waals surface area contributed by atoms with E-state index in [1.807, 2.05) is 11.0 Å². The van der Waals surface area contributed by atoms with Gasteiger partial charge in [0.2, 0.25) is 0 Å². The lowest BCUT2D eigenvalue weighted by molar-refractivity contribution is -0.00568. The van der Waals surface area contributed by atoms with Crippen LogP contribution in [0.3, 0.4) is 0 Å². The van der Waals surface area contributed by atoms with Crippen LogP contribution in [0.25, 0.3) is 0 Å². The molecule has 1 aromatic heterocycles. The van der Waals surface area contributed by atoms with E-state index in [2.05, 4.69) is 10.1 Å². The van der Waals surface area contributed by atoms with E-state index < -0.39 is 0 Å². The van der Waals surface area contributed by atoms with Crippen LogP contribution < -0.4 is 5.73 Å². The van der Waals surface area contributed by atoms with Gasteiger partial charge in [0.1, 0.15) is 6.33 Å². The number of nitrogens with zero attached hydrogens (tertiary/aromatic N) is 3. The SMILES string of the molecule is NCCn1cnc(C2C3CC4CC(C3)CC2C4)n1. The maximum Gasteiger partial charge on any atom is 0.154 e. The van der Waals surface area contributed by atoms with Gasteiger partial charge in [-0.1, -0.05) is 0 Å². The van der Waals surface area contributed by atoms with E-state index in [0.29, 0.717) is 12.5 Å². The molecule has 0 saturated heterocycles. The van der Waals surface area contributed by atoms with Crippen LogP contribution in [0.1, 0.15) is 43.8 Å². The van der Waals surface area contributed by atoms with Crippen LogP contribution in [0.4, 0.5) is 0 Å². The van der Waals surface area contributed by atoms with Crippen molar-refractivity contribution in [2.45, 2.75) is 44.6 Å². The van der Waals surface area contributed by atoms with Gasteiger partial charge in [0.05, 0.1) is 6.54 Å². The van der Waals surface area contributed by atoms with Crippen molar-refractivity contribution in [1.82, 2.24) is 14.8 Å². The molecular weight excluding hydrogens is 224 g/mol. The molecule has 18 heavy (non-hydrogen) atoms. The van der Waals surface area contributed by atoms with Crippen LogP contribution in [0.15, 0.2) is 6.33 Å². The largest absolute Gasteiger partial charge is 0.329 e. The molecule has 4 heteroatoms. The van der Waals surface area contributed by atoms with Crippen molar-refractivity contribution in [3.05, 3.63) is 12.2 Å². The summed E-state index contributed by atoms with van der Waals surface area (Å²) in [4.78, 5) is 4.58. The molecule has 4 aliphatic carbocycles. The maximum absolute atomic E-state index is 5.58. The van der Waals surface area contributed by atoms with Crippen molar-refractivity contribution in [2.75, 3.05) is 6.54 Å². The third-order valence-electron chi connectivity index (χ3n) is 5.44. The second-order valence-electron chi connectivity index (χ2n) is 6.61. The molecule has 2 N–H and O–H groups in total. The second kappa shape index (κ2) is 4.05. The molecule has 4 nitrogen and oxygen atoms in total. The van der Waals surface area contributed by atoms with E-state index in [4.69, 9.17) is 5.73 Å². The smallest absolute Gasteiger partial charge is 0.154 e. The standard InChI is InChI=1S/C14H22N4/c15-1-2-18-8-16-14(17-18)13-11-4-9-3-10(6-11)7-12(13)5-9/h8-13H,1-7,15H2. The summed E-state index contributed by atoms with van der Waals surface area (Å²) in [6, 6.07) is 0. The minimum Gasteiger partial charge on any atom is -0.329 e. The van der Waals surface area contributed by atoms with Crippen molar-refractivity contribution < 1.29 is 0 Å². The Morgan fingerprint density at radius 2 is 1.78 bits per heavy atom. The summed E-state index contributed by atoms with van der Waals surface area (Å²) in [5.74, 6) is 5.55. The number of nitrogens with two attached hydrogens (primary N) is 1. The van der Waals surface area contributed by atoms with Gasteiger partial charge < -0.3 is 5.73 Å². The van der Waals surface area contributed by atoms with Gasteiger partial charge in [-0.2, -0.15) is 5.10 Å². The zero-order chi connectivity index (χ0) is 12.1. The van der Waals surface area contributed by atoms with Gasteiger partial charge in [0.15, 0.2) is 5.82 Å². The van der Waals surface area contributed by atoms with Crippen molar-refractivity contribution in [3.63, 3.8) is 0 Å². The lowest BCUT2D eigenvalue weighted by Gasteiger charge is -2.53. The predicted octanol–water partition coefficient (Wildman–Crippen LogP) is 1.78. The Labute approximate surface area is 108 Å². The Kier molecular flexibility index (Phi) is 2.47. The fourth-order valence-corrected chi connectivity index (χ4v) is 5.05. The minimum absolute atomic E-state index is 0.643. The normalized spacial score (nSPS) is 41.5. The summed E-state index contributed by atoms with van der Waals surface area (Å²) in [6.07, 6.45) is 9.11. The van der Waals surface area contributed by atoms with E-state index in [9.17, 15) is 0 Å². The molecule has 4 aliphatic rings. The Morgan fingerprint density at radius 3 is 2.39 bits per heavy atom. The molecule has 0 aliphatic heterocycles. The summed E-state index contributed by atoms with van der Waals surface area (Å²) in [5, 5.41) is 4.67. The Balaban J connectivity index is 1.60. The van der Waals surface area contributed by atoms with Crippen LogP contribution in [-0.2, 0) is 6.54 Å². The molecule has 4 fully saturated rings. The van der Waals surface area contributed by atoms with Gasteiger partial charge in [0.25, 0.3) is 0 Å². The number of rotatable bonds is 3. The molecule has 0 spiro atoms. The second-order valence-corrected chi connectivity index (χ2v) is 6.61. The molecule has 4 saturated carbocycles. The highest BCUT2D eigenvalue weighted by atomic mass is 15.3. The van der Waals surface area contributed by atoms with Crippen molar-refractivity contribution in [1.29, 1.82) is 0 Å². The van der Waals surface area contributed by atoms with E-state index >= 15 is 0 Å². The molecule has 1 aromatic rings. The van der Waals surface area contributed by atoms with E-state index in [1.54, 1.807) is 0 Å². The zero-order valence-electron chi connectivity index (χ0n) is 10.8. The van der Waals surface area contributed by atoms with Gasteiger partial charge in [-0.3, -0.25) is 4.68 Å². The molecule has 0 atom stereocenters. The fraction of sp³-hybridized carbons (Fsp3) is 0.857. The first kappa shape index (κ1) is 11.0. The quantitative estimate of drug-likeness (QED) is 0.884. The third-order valence-corrected chi connectivity index (χ3v) is 5.44. The number of aromatic nitrogens is 3. The van der Waals surface area contributed by atoms with Crippen LogP contribution in [0, 0.1) is 23.7 Å². The number of hydrogen-bond acceptors (Lipinski definition) is 3. The first-order valence-electron chi connectivity index (χ1n) is 7.43. The van der Waals surface area contributed by atoms with E-state index in [1.165, 1.54) is 32.1 Å². The maximum atomic E-state index is 5.58. The van der Waals surface area contributed by atoms with Crippen LogP contribution in [-0.4, -0.2) is 21.3 Å². The highest BCUT2D eigenvalue weighted by molar-refractivity contribution is 5.09. The van der Waals surface area contributed by atoms with Crippen molar-refractivity contribution >= 4 is 0 Å². The van der Waals surface area contributed by atoms with E-state index in [0.717, 1.165) is 36.0 Å². The van der Waals surface area contributed by atoms with Crippen LogP contribution in [0.2, 0.25) is 0 Å². The summed E-state index contributed by atoms with van der Waals surface area (Å²) in [5.41, 5.74) is 5.58. The summed E-state index contributed by atoms with van der Waals surface area (Å²) in [6.45, 7) is 1.44. The molecule has 0 aromatic carbocycles. The van der Waals surface area contributed by atoms with Gasteiger partial charge in [-0.05, 0) is 55.8 Å². The zero-order valence-corrected chi connectivity index (χ0v) is 10.8. The Hall–Kier alpha value is -0.900. The van der Waals surface area contributed by atoms with Crippen LogP contribution in [0.5, 0.6) is 0 Å². The number of hydrogen-bond donors (Lipinski definition) is 1. The molecule has 0 radical (unpaired) electrons. The molecule has 5 rings (SSSR count). The Morgan fingerprint density at radius 1 is 1.11 bits per heavy atom.